The van der Waals surface area contributed by atoms with Crippen LogP contribution in [0.5, 0.6) is 5.75 Å². The highest BCUT2D eigenvalue weighted by molar-refractivity contribution is 6.31. The van der Waals surface area contributed by atoms with Gasteiger partial charge in [-0.25, -0.2) is 0 Å². The quantitative estimate of drug-likeness (QED) is 0.887. The molecular weight excluding hydrogens is 314 g/mol. The number of carbonyl (C=O) groups excluding carboxylic acids is 1. The minimum absolute atomic E-state index is 0.00518. The number of rotatable bonds is 3. The molecule has 0 heterocycles. The van der Waals surface area contributed by atoms with Gasteiger partial charge in [0.05, 0.1) is 23.8 Å². The van der Waals surface area contributed by atoms with Crippen molar-refractivity contribution in [2.24, 2.45) is 17.3 Å². The number of hydrogen-bond acceptors (Lipinski definition) is 3. The second kappa shape index (κ2) is 5.12. The molecule has 4 fully saturated rings. The maximum Gasteiger partial charge on any atom is 0.230 e. The summed E-state index contributed by atoms with van der Waals surface area (Å²) in [5.41, 5.74) is -0.473. The summed E-state index contributed by atoms with van der Waals surface area (Å²) in [4.78, 5) is 13.1. The van der Waals surface area contributed by atoms with Crippen LogP contribution >= 0.6 is 11.6 Å². The van der Waals surface area contributed by atoms with Gasteiger partial charge in [0.2, 0.25) is 5.91 Å². The number of nitrogens with one attached hydrogen (secondary N) is 1. The Bertz CT molecular complexity index is 646. The van der Waals surface area contributed by atoms with E-state index >= 15 is 0 Å². The number of benzene rings is 1. The Hall–Kier alpha value is -1.26. The highest BCUT2D eigenvalue weighted by atomic mass is 35.5. The van der Waals surface area contributed by atoms with Gasteiger partial charge in [0.1, 0.15) is 5.75 Å². The van der Waals surface area contributed by atoms with E-state index in [2.05, 4.69) is 5.32 Å². The molecule has 4 nitrogen and oxygen atoms in total. The fourth-order valence-corrected chi connectivity index (χ4v) is 5.68. The monoisotopic (exact) mass is 335 g/mol. The van der Waals surface area contributed by atoms with E-state index in [1.807, 2.05) is 0 Å². The molecule has 4 aliphatic carbocycles. The Morgan fingerprint density at radius 2 is 2.00 bits per heavy atom. The summed E-state index contributed by atoms with van der Waals surface area (Å²) in [5, 5.41) is 14.4. The third kappa shape index (κ3) is 2.52. The van der Waals surface area contributed by atoms with Gasteiger partial charge in [-0.2, -0.15) is 0 Å². The second-order valence-corrected chi connectivity index (χ2v) is 8.20. The molecule has 2 N–H and O–H groups in total. The molecule has 1 aromatic carbocycles. The Morgan fingerprint density at radius 3 is 2.61 bits per heavy atom. The summed E-state index contributed by atoms with van der Waals surface area (Å²) >= 11 is 6.05. The minimum atomic E-state index is -0.639. The summed E-state index contributed by atoms with van der Waals surface area (Å²) in [6, 6.07) is 5.21. The first-order valence-electron chi connectivity index (χ1n) is 8.29. The van der Waals surface area contributed by atoms with Crippen molar-refractivity contribution < 1.29 is 14.6 Å². The van der Waals surface area contributed by atoms with Crippen LogP contribution in [0.2, 0.25) is 5.02 Å². The van der Waals surface area contributed by atoms with Crippen molar-refractivity contribution >= 4 is 23.2 Å². The van der Waals surface area contributed by atoms with Gasteiger partial charge in [0.15, 0.2) is 0 Å². The number of anilines is 1. The number of carbonyl (C=O) groups is 1. The zero-order chi connectivity index (χ0) is 16.2. The zero-order valence-electron chi connectivity index (χ0n) is 13.3. The van der Waals surface area contributed by atoms with Crippen LogP contribution in [0.15, 0.2) is 18.2 Å². The molecule has 0 saturated heterocycles. The summed E-state index contributed by atoms with van der Waals surface area (Å²) in [6.07, 6.45) is 5.25. The van der Waals surface area contributed by atoms with Gasteiger partial charge in [0.25, 0.3) is 0 Å². The number of aliphatic hydroxyl groups is 1. The van der Waals surface area contributed by atoms with Gasteiger partial charge >= 0.3 is 0 Å². The zero-order valence-corrected chi connectivity index (χ0v) is 14.0. The number of ether oxygens (including phenoxy) is 1. The molecule has 0 spiro atoms. The van der Waals surface area contributed by atoms with Crippen LogP contribution < -0.4 is 10.1 Å². The summed E-state index contributed by atoms with van der Waals surface area (Å²) in [5.74, 6) is 1.57. The highest BCUT2D eigenvalue weighted by Crippen LogP contribution is 2.61. The van der Waals surface area contributed by atoms with Gasteiger partial charge in [-0.15, -0.1) is 0 Å². The van der Waals surface area contributed by atoms with E-state index in [1.165, 1.54) is 0 Å². The van der Waals surface area contributed by atoms with Crippen molar-refractivity contribution in [3.8, 4) is 5.75 Å². The van der Waals surface area contributed by atoms with Crippen LogP contribution in [0.25, 0.3) is 0 Å². The third-order valence-electron chi connectivity index (χ3n) is 5.92. The first-order valence-corrected chi connectivity index (χ1v) is 8.67. The van der Waals surface area contributed by atoms with Gasteiger partial charge in [-0.05, 0) is 68.6 Å². The van der Waals surface area contributed by atoms with Crippen molar-refractivity contribution in [1.82, 2.24) is 0 Å². The SMILES string of the molecule is COc1ccc(Cl)cc1NC(=O)C12C[C@@H]3C[C@@H](CC(O)(C3)C1)C2. The average molecular weight is 336 g/mol. The standard InChI is InChI=1S/C18H22ClNO3/c1-23-15-3-2-13(19)5-14(15)20-16(21)17-6-11-4-12(7-17)9-18(22,8-11)10-17/h2-3,5,11-12,22H,4,6-10H2,1H3,(H,20,21)/t11-,12+,17?,18?. The lowest BCUT2D eigenvalue weighted by atomic mass is 9.47. The fraction of sp³-hybridized carbons (Fsp3) is 0.611. The minimum Gasteiger partial charge on any atom is -0.495 e. The number of amides is 1. The first kappa shape index (κ1) is 15.3. The molecule has 0 aromatic heterocycles. The summed E-state index contributed by atoms with van der Waals surface area (Å²) in [6.45, 7) is 0. The lowest BCUT2D eigenvalue weighted by molar-refractivity contribution is -0.174. The lowest BCUT2D eigenvalue weighted by Gasteiger charge is -2.59. The maximum atomic E-state index is 13.1. The molecule has 0 aliphatic heterocycles. The largest absolute Gasteiger partial charge is 0.495 e. The van der Waals surface area contributed by atoms with E-state index in [1.54, 1.807) is 25.3 Å². The van der Waals surface area contributed by atoms with Gasteiger partial charge in [-0.1, -0.05) is 11.6 Å². The molecule has 23 heavy (non-hydrogen) atoms. The molecule has 4 atom stereocenters. The number of methoxy groups -OCH3 is 1. The smallest absolute Gasteiger partial charge is 0.230 e. The van der Waals surface area contributed by atoms with Crippen molar-refractivity contribution in [2.75, 3.05) is 12.4 Å². The van der Waals surface area contributed by atoms with Crippen LogP contribution in [0, 0.1) is 17.3 Å². The Balaban J connectivity index is 1.61. The van der Waals surface area contributed by atoms with Crippen LogP contribution in [-0.2, 0) is 4.79 Å². The van der Waals surface area contributed by atoms with E-state index in [0.29, 0.717) is 34.7 Å². The van der Waals surface area contributed by atoms with Crippen molar-refractivity contribution in [2.45, 2.75) is 44.1 Å². The summed E-state index contributed by atoms with van der Waals surface area (Å²) < 4.78 is 5.32. The number of hydrogen-bond donors (Lipinski definition) is 2. The predicted octanol–water partition coefficient (Wildman–Crippen LogP) is 3.62. The predicted molar refractivity (Wildman–Crippen MR) is 88.7 cm³/mol. The van der Waals surface area contributed by atoms with Crippen LogP contribution in [0.1, 0.15) is 38.5 Å². The Morgan fingerprint density at radius 1 is 1.30 bits per heavy atom. The molecule has 0 radical (unpaired) electrons. The van der Waals surface area contributed by atoms with E-state index in [-0.39, 0.29) is 5.91 Å². The molecule has 1 aromatic rings. The van der Waals surface area contributed by atoms with E-state index in [9.17, 15) is 9.90 Å². The van der Waals surface area contributed by atoms with Crippen molar-refractivity contribution in [1.29, 1.82) is 0 Å². The van der Waals surface area contributed by atoms with Crippen molar-refractivity contribution in [3.63, 3.8) is 0 Å². The molecule has 4 saturated carbocycles. The summed E-state index contributed by atoms with van der Waals surface area (Å²) in [7, 11) is 1.58. The van der Waals surface area contributed by atoms with Crippen LogP contribution in [0.4, 0.5) is 5.69 Å². The molecule has 4 aliphatic rings. The molecule has 5 heteroatoms. The topological polar surface area (TPSA) is 58.6 Å². The molecule has 2 unspecified atom stereocenters. The lowest BCUT2D eigenvalue weighted by Crippen LogP contribution is -2.59. The molecule has 4 bridgehead atoms. The second-order valence-electron chi connectivity index (χ2n) is 7.76. The Kier molecular flexibility index (Phi) is 3.40. The first-order chi connectivity index (χ1) is 10.9. The van der Waals surface area contributed by atoms with Crippen LogP contribution in [-0.4, -0.2) is 23.7 Å². The van der Waals surface area contributed by atoms with Gasteiger partial charge in [0, 0.05) is 5.02 Å². The Labute approximate surface area is 141 Å². The third-order valence-corrected chi connectivity index (χ3v) is 6.16. The van der Waals surface area contributed by atoms with Gasteiger partial charge < -0.3 is 15.2 Å². The average Bonchev–Trinajstić information content (AvgIpc) is 2.45. The molecule has 124 valence electrons. The molecular formula is C18H22ClNO3. The highest BCUT2D eigenvalue weighted by Gasteiger charge is 2.60. The number of halogens is 1. The van der Waals surface area contributed by atoms with E-state index in [4.69, 9.17) is 16.3 Å². The maximum absolute atomic E-state index is 13.1. The van der Waals surface area contributed by atoms with Crippen molar-refractivity contribution in [3.05, 3.63) is 23.2 Å². The normalized spacial score (nSPS) is 37.7. The van der Waals surface area contributed by atoms with Gasteiger partial charge in [-0.3, -0.25) is 4.79 Å². The van der Waals surface area contributed by atoms with Crippen LogP contribution in [0.3, 0.4) is 0 Å². The molecule has 1 amide bonds. The van der Waals surface area contributed by atoms with E-state index < -0.39 is 11.0 Å². The van der Waals surface area contributed by atoms with E-state index in [0.717, 1.165) is 32.1 Å². The fourth-order valence-electron chi connectivity index (χ4n) is 5.51. The molecule has 5 rings (SSSR count).